The summed E-state index contributed by atoms with van der Waals surface area (Å²) >= 11 is 0. The third kappa shape index (κ3) is 9.85. The van der Waals surface area contributed by atoms with Crippen molar-refractivity contribution in [3.05, 3.63) is 0 Å². The van der Waals surface area contributed by atoms with Crippen LogP contribution in [0.15, 0.2) is 0 Å². The van der Waals surface area contributed by atoms with E-state index in [2.05, 4.69) is 13.8 Å². The van der Waals surface area contributed by atoms with Crippen molar-refractivity contribution in [1.29, 1.82) is 0 Å². The van der Waals surface area contributed by atoms with E-state index in [9.17, 15) is 0 Å². The van der Waals surface area contributed by atoms with Crippen LogP contribution in [0.3, 0.4) is 0 Å². The lowest BCUT2D eigenvalue weighted by Gasteiger charge is -2.38. The third-order valence-corrected chi connectivity index (χ3v) is 8.13. The normalized spacial score (nSPS) is 29.1. The van der Waals surface area contributed by atoms with E-state index < -0.39 is 0 Å². The highest BCUT2D eigenvalue weighted by Crippen LogP contribution is 2.43. The Morgan fingerprint density at radius 1 is 0.407 bits per heavy atom. The van der Waals surface area contributed by atoms with Gasteiger partial charge in [-0.05, 0) is 49.4 Å². The average Bonchev–Trinajstić information content (AvgIpc) is 2.71. The summed E-state index contributed by atoms with van der Waals surface area (Å²) in [5, 5.41) is 0. The van der Waals surface area contributed by atoms with Crippen LogP contribution in [0.5, 0.6) is 0 Å². The van der Waals surface area contributed by atoms with Crippen LogP contribution in [-0.2, 0) is 0 Å². The molecule has 2 aliphatic rings. The maximum Gasteiger partial charge on any atom is -0.0386 e. The molecule has 0 spiro atoms. The highest BCUT2D eigenvalue weighted by Gasteiger charge is 2.30. The van der Waals surface area contributed by atoms with E-state index in [-0.39, 0.29) is 0 Å². The molecule has 0 nitrogen and oxygen atoms in total. The van der Waals surface area contributed by atoms with Gasteiger partial charge >= 0.3 is 0 Å². The van der Waals surface area contributed by atoms with Crippen LogP contribution in [0.25, 0.3) is 0 Å². The van der Waals surface area contributed by atoms with Crippen LogP contribution >= 0.6 is 0 Å². The van der Waals surface area contributed by atoms with Gasteiger partial charge in [0.2, 0.25) is 0 Å². The molecule has 0 N–H and O–H groups in total. The Balaban J connectivity index is 1.46. The maximum atomic E-state index is 2.34. The molecule has 2 fully saturated rings. The number of unbranched alkanes of at least 4 members (excludes halogenated alkanes) is 9. The van der Waals surface area contributed by atoms with E-state index in [1.807, 2.05) is 0 Å². The fraction of sp³-hybridized carbons (Fsp3) is 1.00. The van der Waals surface area contributed by atoms with Crippen molar-refractivity contribution in [2.24, 2.45) is 23.7 Å². The Morgan fingerprint density at radius 2 is 0.741 bits per heavy atom. The topological polar surface area (TPSA) is 0 Å². The summed E-state index contributed by atoms with van der Waals surface area (Å²) in [5.74, 6) is 4.39. The van der Waals surface area contributed by atoms with Gasteiger partial charge < -0.3 is 0 Å². The Kier molecular flexibility index (Phi) is 12.9. The molecule has 0 heteroatoms. The lowest BCUT2D eigenvalue weighted by atomic mass is 9.68. The van der Waals surface area contributed by atoms with Crippen molar-refractivity contribution >= 4 is 0 Å². The van der Waals surface area contributed by atoms with Crippen LogP contribution in [0.2, 0.25) is 0 Å². The predicted octanol–water partition coefficient (Wildman–Crippen LogP) is 9.71. The van der Waals surface area contributed by atoms with Crippen molar-refractivity contribution in [2.75, 3.05) is 0 Å². The first kappa shape index (κ1) is 23.3. The lowest BCUT2D eigenvalue weighted by molar-refractivity contribution is 0.139. The quantitative estimate of drug-likeness (QED) is 0.265. The summed E-state index contributed by atoms with van der Waals surface area (Å²) in [6.07, 6.45) is 31.8. The Labute approximate surface area is 172 Å². The molecule has 0 aromatic carbocycles. The number of hydrogen-bond donors (Lipinski definition) is 0. The van der Waals surface area contributed by atoms with Gasteiger partial charge in [0, 0.05) is 0 Å². The zero-order valence-electron chi connectivity index (χ0n) is 19.2. The van der Waals surface area contributed by atoms with Gasteiger partial charge in [-0.2, -0.15) is 0 Å². The Morgan fingerprint density at radius 3 is 1.19 bits per heavy atom. The highest BCUT2D eigenvalue weighted by atomic mass is 14.4. The summed E-state index contributed by atoms with van der Waals surface area (Å²) in [6.45, 7) is 4.65. The van der Waals surface area contributed by atoms with Crippen molar-refractivity contribution < 1.29 is 0 Å². The second kappa shape index (κ2) is 14.9. The first-order valence-electron chi connectivity index (χ1n) is 13.3. The largest absolute Gasteiger partial charge is 0.0654 e. The molecule has 160 valence electrons. The van der Waals surface area contributed by atoms with Crippen molar-refractivity contribution in [2.45, 2.75) is 149 Å². The molecule has 0 heterocycles. The van der Waals surface area contributed by atoms with Crippen molar-refractivity contribution in [3.8, 4) is 0 Å². The fourth-order valence-corrected chi connectivity index (χ4v) is 6.15. The van der Waals surface area contributed by atoms with Gasteiger partial charge in [0.15, 0.2) is 0 Å². The molecule has 0 aromatic rings. The van der Waals surface area contributed by atoms with Crippen LogP contribution in [0.4, 0.5) is 0 Å². The van der Waals surface area contributed by atoms with Gasteiger partial charge in [-0.15, -0.1) is 0 Å². The summed E-state index contributed by atoms with van der Waals surface area (Å²) in [7, 11) is 0. The molecule has 2 aliphatic carbocycles. The SMILES string of the molecule is CCCCCCCCCCC1CCC(C2CCC(CCCCC)CC2)CC1. The molecule has 0 aliphatic heterocycles. The van der Waals surface area contributed by atoms with E-state index >= 15 is 0 Å². The minimum atomic E-state index is 1.09. The van der Waals surface area contributed by atoms with Crippen LogP contribution < -0.4 is 0 Å². The molecule has 0 amide bonds. The van der Waals surface area contributed by atoms with Crippen molar-refractivity contribution in [3.63, 3.8) is 0 Å². The van der Waals surface area contributed by atoms with E-state index in [1.54, 1.807) is 57.8 Å². The Bertz CT molecular complexity index is 317. The van der Waals surface area contributed by atoms with Gasteiger partial charge in [-0.3, -0.25) is 0 Å². The van der Waals surface area contributed by atoms with Crippen molar-refractivity contribution in [1.82, 2.24) is 0 Å². The summed E-state index contributed by atoms with van der Waals surface area (Å²) in [5.41, 5.74) is 0. The lowest BCUT2D eigenvalue weighted by Crippen LogP contribution is -2.25. The van der Waals surface area contributed by atoms with Gasteiger partial charge in [-0.25, -0.2) is 0 Å². The van der Waals surface area contributed by atoms with E-state index in [1.165, 1.54) is 77.0 Å². The molecule has 27 heavy (non-hydrogen) atoms. The standard InChI is InChI=1S/C27H52/c1-3-5-7-8-9-10-11-13-15-25-18-22-27(23-19-25)26-20-16-24(17-21-26)14-12-6-4-2/h24-27H,3-23H2,1-2H3. The van der Waals surface area contributed by atoms with Crippen LogP contribution in [0.1, 0.15) is 149 Å². The monoisotopic (exact) mass is 376 g/mol. The number of rotatable bonds is 14. The minimum absolute atomic E-state index is 1.09. The average molecular weight is 377 g/mol. The molecule has 2 rings (SSSR count). The van der Waals surface area contributed by atoms with Gasteiger partial charge in [0.1, 0.15) is 0 Å². The molecule has 2 saturated carbocycles. The summed E-state index contributed by atoms with van der Waals surface area (Å²) in [4.78, 5) is 0. The van der Waals surface area contributed by atoms with Crippen LogP contribution in [-0.4, -0.2) is 0 Å². The summed E-state index contributed by atoms with van der Waals surface area (Å²) < 4.78 is 0. The molecule has 0 saturated heterocycles. The molecule has 0 aromatic heterocycles. The molecule has 0 radical (unpaired) electrons. The second-order valence-corrected chi connectivity index (χ2v) is 10.3. The predicted molar refractivity (Wildman–Crippen MR) is 122 cm³/mol. The van der Waals surface area contributed by atoms with Gasteiger partial charge in [-0.1, -0.05) is 123 Å². The minimum Gasteiger partial charge on any atom is -0.0654 e. The second-order valence-electron chi connectivity index (χ2n) is 10.3. The van der Waals surface area contributed by atoms with E-state index in [4.69, 9.17) is 0 Å². The smallest absolute Gasteiger partial charge is 0.0386 e. The molecule has 0 atom stereocenters. The Hall–Kier alpha value is 0. The van der Waals surface area contributed by atoms with Gasteiger partial charge in [0.25, 0.3) is 0 Å². The summed E-state index contributed by atoms with van der Waals surface area (Å²) in [6, 6.07) is 0. The molecule has 0 bridgehead atoms. The van der Waals surface area contributed by atoms with E-state index in [0.29, 0.717) is 0 Å². The van der Waals surface area contributed by atoms with E-state index in [0.717, 1.165) is 23.7 Å². The van der Waals surface area contributed by atoms with Crippen LogP contribution in [0, 0.1) is 23.7 Å². The molecular formula is C27H52. The maximum absolute atomic E-state index is 2.34. The first-order chi connectivity index (χ1) is 13.3. The first-order valence-corrected chi connectivity index (χ1v) is 13.3. The highest BCUT2D eigenvalue weighted by molar-refractivity contribution is 4.82. The zero-order valence-corrected chi connectivity index (χ0v) is 19.2. The molecule has 0 unspecified atom stereocenters. The number of hydrogen-bond acceptors (Lipinski definition) is 0. The third-order valence-electron chi connectivity index (χ3n) is 8.13. The van der Waals surface area contributed by atoms with Gasteiger partial charge in [0.05, 0.1) is 0 Å². The zero-order chi connectivity index (χ0) is 19.2. The fourth-order valence-electron chi connectivity index (χ4n) is 6.15. The molecular weight excluding hydrogens is 324 g/mol.